The molecule has 0 heterocycles. The van der Waals surface area contributed by atoms with Crippen LogP contribution in [0.15, 0.2) is 0 Å². The first kappa shape index (κ1) is 45.8. The van der Waals surface area contributed by atoms with Gasteiger partial charge in [-0.3, -0.25) is 9.59 Å². The number of carbonyl (C=O) groups excluding carboxylic acids is 2. The molecule has 21 heteroatoms. The fourth-order valence-corrected chi connectivity index (χ4v) is 6.48. The number of ether oxygens (including phenoxy) is 2. The van der Waals surface area contributed by atoms with Gasteiger partial charge in [-0.25, -0.2) is 0 Å². The number of alkyl halides is 15. The average molecular weight is 769 g/mol. The van der Waals surface area contributed by atoms with Crippen LogP contribution in [0.2, 0.25) is 0 Å². The van der Waals surface area contributed by atoms with Crippen molar-refractivity contribution in [2.75, 3.05) is 0 Å². The van der Waals surface area contributed by atoms with E-state index >= 15 is 0 Å². The summed E-state index contributed by atoms with van der Waals surface area (Å²) < 4.78 is 201. The summed E-state index contributed by atoms with van der Waals surface area (Å²) in [5, 5.41) is 18.5. The van der Waals surface area contributed by atoms with Crippen molar-refractivity contribution in [2.24, 2.45) is 34.5 Å². The van der Waals surface area contributed by atoms with E-state index in [2.05, 4.69) is 4.74 Å². The van der Waals surface area contributed by atoms with Crippen LogP contribution in [0.4, 0.5) is 65.9 Å². The number of halogens is 15. The predicted molar refractivity (Wildman–Crippen MR) is 142 cm³/mol. The molecule has 2 aliphatic carbocycles. The molecule has 50 heavy (non-hydrogen) atoms. The van der Waals surface area contributed by atoms with Crippen molar-refractivity contribution < 1.29 is 95.1 Å². The molecule has 0 spiro atoms. The fraction of sp³-hybridized carbons (Fsp3) is 0.931. The van der Waals surface area contributed by atoms with E-state index in [-0.39, 0.29) is 17.8 Å². The summed E-state index contributed by atoms with van der Waals surface area (Å²) in [4.78, 5) is 24.2. The molecule has 0 aromatic rings. The van der Waals surface area contributed by atoms with Gasteiger partial charge in [0, 0.05) is 6.42 Å². The molecule has 2 saturated carbocycles. The van der Waals surface area contributed by atoms with Crippen molar-refractivity contribution >= 4 is 11.9 Å². The Morgan fingerprint density at radius 1 is 0.760 bits per heavy atom. The van der Waals surface area contributed by atoms with Gasteiger partial charge in [0.15, 0.2) is 11.0 Å². The Balaban J connectivity index is 0.000000502. The lowest BCUT2D eigenvalue weighted by molar-refractivity contribution is -0.408. The van der Waals surface area contributed by atoms with E-state index in [1.54, 1.807) is 0 Å². The monoisotopic (exact) mass is 768 g/mol. The lowest BCUT2D eigenvalue weighted by Gasteiger charge is -2.46. The van der Waals surface area contributed by atoms with Crippen LogP contribution in [0.1, 0.15) is 81.1 Å². The number of fused-ring (bicyclic) bond motifs is 2. The molecule has 0 radical (unpaired) electrons. The van der Waals surface area contributed by atoms with E-state index < -0.39 is 89.4 Å². The summed E-state index contributed by atoms with van der Waals surface area (Å²) in [7, 11) is 0. The fourth-order valence-electron chi connectivity index (χ4n) is 6.48. The van der Waals surface area contributed by atoms with E-state index in [0.29, 0.717) is 46.5 Å². The third-order valence-electron chi connectivity index (χ3n) is 10.4. The van der Waals surface area contributed by atoms with E-state index in [9.17, 15) is 80.6 Å². The third kappa shape index (κ3) is 7.91. The van der Waals surface area contributed by atoms with Crippen molar-refractivity contribution in [3.05, 3.63) is 0 Å². The number of rotatable bonds is 8. The normalized spacial score (nSPS) is 27.2. The minimum absolute atomic E-state index is 0.110. The van der Waals surface area contributed by atoms with Crippen LogP contribution in [-0.2, 0) is 19.1 Å². The second kappa shape index (κ2) is 13.7. The van der Waals surface area contributed by atoms with Crippen LogP contribution in [0.25, 0.3) is 0 Å². The smallest absolute Gasteiger partial charge is 0.430 e. The molecule has 2 fully saturated rings. The summed E-state index contributed by atoms with van der Waals surface area (Å²) in [6.07, 6.45) is -33.8. The first-order chi connectivity index (χ1) is 21.7. The van der Waals surface area contributed by atoms with Crippen LogP contribution in [0.5, 0.6) is 0 Å². The summed E-state index contributed by atoms with van der Waals surface area (Å²) in [6, 6.07) is 0. The molecule has 2 aliphatic rings. The largest absolute Gasteiger partial charge is 0.462 e. The highest BCUT2D eigenvalue weighted by Crippen LogP contribution is 2.62. The van der Waals surface area contributed by atoms with Gasteiger partial charge in [-0.05, 0) is 77.6 Å². The van der Waals surface area contributed by atoms with Crippen molar-refractivity contribution in [1.29, 1.82) is 0 Å². The molecule has 0 aliphatic heterocycles. The van der Waals surface area contributed by atoms with Crippen molar-refractivity contribution in [3.63, 3.8) is 0 Å². The maximum Gasteiger partial charge on any atom is 0.430 e. The molecule has 0 amide bonds. The highest BCUT2D eigenvalue weighted by molar-refractivity contribution is 5.78. The molecule has 2 rings (SSSR count). The minimum atomic E-state index is -6.16. The van der Waals surface area contributed by atoms with Gasteiger partial charge < -0.3 is 19.7 Å². The molecule has 6 nitrogen and oxygen atoms in total. The van der Waals surface area contributed by atoms with Gasteiger partial charge in [-0.15, -0.1) is 0 Å². The molecule has 0 aromatic carbocycles. The molecular formula is C29H39F15O6. The van der Waals surface area contributed by atoms with Crippen LogP contribution in [0.3, 0.4) is 0 Å². The highest BCUT2D eigenvalue weighted by Gasteiger charge is 2.79. The Morgan fingerprint density at radius 3 is 1.48 bits per heavy atom. The Labute approximate surface area is 277 Å². The average Bonchev–Trinajstić information content (AvgIpc) is 3.39. The summed E-state index contributed by atoms with van der Waals surface area (Å²) in [5.74, 6) is -2.71. The zero-order valence-corrected chi connectivity index (χ0v) is 27.9. The van der Waals surface area contributed by atoms with Crippen molar-refractivity contribution in [2.45, 2.75) is 135 Å². The van der Waals surface area contributed by atoms with Gasteiger partial charge in [-0.2, -0.15) is 65.9 Å². The molecule has 7 atom stereocenters. The maximum absolute atomic E-state index is 13.1. The Bertz CT molecular complexity index is 1190. The lowest BCUT2D eigenvalue weighted by Crippen LogP contribution is -2.70. The predicted octanol–water partition coefficient (Wildman–Crippen LogP) is 8.62. The Kier molecular flexibility index (Phi) is 12.5. The summed E-state index contributed by atoms with van der Waals surface area (Å²) in [5.41, 5.74) is -17.9. The zero-order valence-electron chi connectivity index (χ0n) is 27.9. The zero-order chi connectivity index (χ0) is 40.3. The van der Waals surface area contributed by atoms with Crippen LogP contribution in [0, 0.1) is 34.5 Å². The highest BCUT2D eigenvalue weighted by atomic mass is 19.4. The van der Waals surface area contributed by atoms with Crippen LogP contribution in [-0.4, -0.2) is 75.9 Å². The summed E-state index contributed by atoms with van der Waals surface area (Å²) >= 11 is 0. The number of hydrogen-bond acceptors (Lipinski definition) is 6. The van der Waals surface area contributed by atoms with Gasteiger partial charge >= 0.3 is 42.8 Å². The van der Waals surface area contributed by atoms with E-state index in [1.165, 1.54) is 6.92 Å². The van der Waals surface area contributed by atoms with Gasteiger partial charge in [0.2, 0.25) is 0 Å². The summed E-state index contributed by atoms with van der Waals surface area (Å²) in [6.45, 7) is 8.22. The van der Waals surface area contributed by atoms with Gasteiger partial charge in [0.05, 0.1) is 5.41 Å². The van der Waals surface area contributed by atoms with E-state index in [1.807, 2.05) is 13.8 Å². The SMILES string of the molecule is CC1C2CC(C1C)C(C)(C(=O)OC(C)(C)C(O)(C(F)(F)F)C(F)(F)F)C2.CCC(C)(C(=O)OC(C)CC(O)(C(F)(F)F)C(F)(F)F)C(F)(F)F. The lowest BCUT2D eigenvalue weighted by atomic mass is 9.66. The van der Waals surface area contributed by atoms with Crippen molar-refractivity contribution in [1.82, 2.24) is 0 Å². The molecule has 7 unspecified atom stereocenters. The van der Waals surface area contributed by atoms with Gasteiger partial charge in [0.1, 0.15) is 6.10 Å². The molecule has 2 bridgehead atoms. The van der Waals surface area contributed by atoms with Crippen molar-refractivity contribution in [3.8, 4) is 0 Å². The Morgan fingerprint density at radius 2 is 1.18 bits per heavy atom. The molecule has 0 aromatic heterocycles. The molecule has 0 saturated heterocycles. The second-order valence-corrected chi connectivity index (χ2v) is 14.0. The number of hydrogen-bond donors (Lipinski definition) is 2. The second-order valence-electron chi connectivity index (χ2n) is 14.0. The topological polar surface area (TPSA) is 93.1 Å². The first-order valence-electron chi connectivity index (χ1n) is 15.0. The molecular weight excluding hydrogens is 729 g/mol. The van der Waals surface area contributed by atoms with Crippen LogP contribution < -0.4 is 0 Å². The number of aliphatic hydroxyl groups is 2. The first-order valence-corrected chi connectivity index (χ1v) is 15.0. The number of carbonyl (C=O) groups is 2. The van der Waals surface area contributed by atoms with E-state index in [4.69, 9.17) is 9.84 Å². The maximum atomic E-state index is 13.1. The Hall–Kier alpha value is -2.19. The van der Waals surface area contributed by atoms with Gasteiger partial charge in [0.25, 0.3) is 11.2 Å². The van der Waals surface area contributed by atoms with Crippen LogP contribution >= 0.6 is 0 Å². The van der Waals surface area contributed by atoms with E-state index in [0.717, 1.165) is 6.92 Å². The third-order valence-corrected chi connectivity index (χ3v) is 10.4. The molecule has 296 valence electrons. The van der Waals surface area contributed by atoms with Gasteiger partial charge in [-0.1, -0.05) is 20.8 Å². The standard InChI is InChI=1S/C17H24F6O3.C12H15F9O3/c1-8-9(2)11-6-10(8)7-14(11,5)12(24)26-13(3,4)15(25,16(18,19)20)17(21,22)23;1-4-8(3,10(13,14)15)7(22)24-6(2)5-9(23,11(16,17)18)12(19,20)21/h8-11,25H,6-7H2,1-5H3;6,23H,4-5H2,1-3H3. The quantitative estimate of drug-likeness (QED) is 0.190. The number of esters is 2. The molecule has 2 N–H and O–H groups in total. The minimum Gasteiger partial charge on any atom is -0.462 e.